The summed E-state index contributed by atoms with van der Waals surface area (Å²) in [6, 6.07) is 12.2. The average Bonchev–Trinajstić information content (AvgIpc) is 2.43. The van der Waals surface area contributed by atoms with E-state index in [1.165, 1.54) is 0 Å². The number of anilines is 2. The van der Waals surface area contributed by atoms with Gasteiger partial charge in [0.15, 0.2) is 0 Å². The second-order valence-electron chi connectivity index (χ2n) is 5.33. The van der Waals surface area contributed by atoms with Crippen molar-refractivity contribution in [1.82, 2.24) is 9.97 Å². The van der Waals surface area contributed by atoms with Crippen molar-refractivity contribution >= 4 is 33.4 Å². The Balaban J connectivity index is 2.40. The van der Waals surface area contributed by atoms with Crippen molar-refractivity contribution in [3.05, 3.63) is 36.4 Å². The normalized spacial score (nSPS) is 11.0. The largest absolute Gasteiger partial charge is 0.378 e. The van der Waals surface area contributed by atoms with Crippen LogP contribution in [-0.4, -0.2) is 38.2 Å². The van der Waals surface area contributed by atoms with Crippen molar-refractivity contribution in [3.63, 3.8) is 0 Å². The summed E-state index contributed by atoms with van der Waals surface area (Å²) in [4.78, 5) is 13.7. The van der Waals surface area contributed by atoms with Crippen LogP contribution >= 0.6 is 0 Å². The van der Waals surface area contributed by atoms with Gasteiger partial charge in [-0.2, -0.15) is 0 Å². The van der Waals surface area contributed by atoms with Crippen molar-refractivity contribution in [2.24, 2.45) is 0 Å². The minimum Gasteiger partial charge on any atom is -0.378 e. The maximum atomic E-state index is 4.78. The van der Waals surface area contributed by atoms with Crippen LogP contribution in [0.25, 0.3) is 22.1 Å². The van der Waals surface area contributed by atoms with E-state index in [-0.39, 0.29) is 0 Å². The monoisotopic (exact) mass is 266 g/mol. The fourth-order valence-corrected chi connectivity index (χ4v) is 2.29. The first kappa shape index (κ1) is 12.7. The van der Waals surface area contributed by atoms with Gasteiger partial charge in [-0.1, -0.05) is 12.1 Å². The topological polar surface area (TPSA) is 32.3 Å². The van der Waals surface area contributed by atoms with Crippen molar-refractivity contribution in [1.29, 1.82) is 0 Å². The summed E-state index contributed by atoms with van der Waals surface area (Å²) in [6.45, 7) is 0. The highest BCUT2D eigenvalue weighted by atomic mass is 15.1. The van der Waals surface area contributed by atoms with E-state index in [9.17, 15) is 0 Å². The summed E-state index contributed by atoms with van der Waals surface area (Å²) in [5.74, 6) is 0. The molecule has 0 atom stereocenters. The molecule has 0 saturated heterocycles. The standard InChI is InChI=1S/C16H18N4/c1-19(2)11-9-14-16(15(10-11)20(3)4)18-13-8-6-5-7-12(13)17-14/h5-10H,1-4H3. The summed E-state index contributed by atoms with van der Waals surface area (Å²) in [5, 5.41) is 0. The molecule has 0 amide bonds. The zero-order chi connectivity index (χ0) is 14.3. The van der Waals surface area contributed by atoms with Crippen LogP contribution in [0.1, 0.15) is 0 Å². The molecule has 0 fully saturated rings. The highest BCUT2D eigenvalue weighted by Gasteiger charge is 2.11. The lowest BCUT2D eigenvalue weighted by Crippen LogP contribution is -2.13. The Labute approximate surface area is 118 Å². The van der Waals surface area contributed by atoms with E-state index >= 15 is 0 Å². The SMILES string of the molecule is CN(C)c1cc(N(C)C)c2nc3ccccc3nc2c1. The van der Waals surface area contributed by atoms with Gasteiger partial charge < -0.3 is 9.80 Å². The minimum absolute atomic E-state index is 0.929. The molecule has 0 bridgehead atoms. The van der Waals surface area contributed by atoms with E-state index in [1.54, 1.807) is 0 Å². The molecule has 2 aromatic carbocycles. The van der Waals surface area contributed by atoms with Gasteiger partial charge in [0, 0.05) is 33.9 Å². The van der Waals surface area contributed by atoms with E-state index in [4.69, 9.17) is 9.97 Å². The predicted octanol–water partition coefficient (Wildman–Crippen LogP) is 2.92. The number of fused-ring (bicyclic) bond motifs is 2. The molecule has 102 valence electrons. The Bertz CT molecular complexity index is 778. The lowest BCUT2D eigenvalue weighted by Gasteiger charge is -2.19. The van der Waals surface area contributed by atoms with Gasteiger partial charge in [0.05, 0.1) is 22.2 Å². The van der Waals surface area contributed by atoms with Gasteiger partial charge >= 0.3 is 0 Å². The smallest absolute Gasteiger partial charge is 0.113 e. The summed E-state index contributed by atoms with van der Waals surface area (Å²) < 4.78 is 0. The second-order valence-corrected chi connectivity index (χ2v) is 5.33. The summed E-state index contributed by atoms with van der Waals surface area (Å²) in [5.41, 5.74) is 5.95. The average molecular weight is 266 g/mol. The van der Waals surface area contributed by atoms with Gasteiger partial charge in [0.25, 0.3) is 0 Å². The van der Waals surface area contributed by atoms with Crippen LogP contribution in [0.15, 0.2) is 36.4 Å². The van der Waals surface area contributed by atoms with Crippen LogP contribution in [-0.2, 0) is 0 Å². The lowest BCUT2D eigenvalue weighted by atomic mass is 10.2. The molecular weight excluding hydrogens is 248 g/mol. The number of hydrogen-bond acceptors (Lipinski definition) is 4. The van der Waals surface area contributed by atoms with Gasteiger partial charge in [0.2, 0.25) is 0 Å². The van der Waals surface area contributed by atoms with Crippen molar-refractivity contribution in [2.75, 3.05) is 38.0 Å². The predicted molar refractivity (Wildman–Crippen MR) is 85.7 cm³/mol. The second kappa shape index (κ2) is 4.63. The Morgan fingerprint density at radius 2 is 1.40 bits per heavy atom. The molecule has 1 heterocycles. The maximum Gasteiger partial charge on any atom is 0.113 e. The van der Waals surface area contributed by atoms with Gasteiger partial charge in [-0.3, -0.25) is 0 Å². The third kappa shape index (κ3) is 2.03. The van der Waals surface area contributed by atoms with Crippen LogP contribution in [0.5, 0.6) is 0 Å². The quantitative estimate of drug-likeness (QED) is 0.668. The number of hydrogen-bond donors (Lipinski definition) is 0. The van der Waals surface area contributed by atoms with Gasteiger partial charge in [-0.25, -0.2) is 9.97 Å². The summed E-state index contributed by atoms with van der Waals surface area (Å²) in [7, 11) is 8.14. The molecule has 3 rings (SSSR count). The zero-order valence-corrected chi connectivity index (χ0v) is 12.3. The molecule has 1 aromatic heterocycles. The zero-order valence-electron chi connectivity index (χ0n) is 12.3. The highest BCUT2D eigenvalue weighted by Crippen LogP contribution is 2.30. The number of rotatable bonds is 2. The first-order valence-electron chi connectivity index (χ1n) is 6.61. The van der Waals surface area contributed by atoms with Crippen LogP contribution in [0.2, 0.25) is 0 Å². The number of benzene rings is 2. The molecule has 20 heavy (non-hydrogen) atoms. The lowest BCUT2D eigenvalue weighted by molar-refractivity contribution is 1.10. The number of aromatic nitrogens is 2. The molecule has 0 spiro atoms. The Kier molecular flexibility index (Phi) is 2.93. The van der Waals surface area contributed by atoms with Crippen molar-refractivity contribution < 1.29 is 0 Å². The van der Waals surface area contributed by atoms with E-state index in [0.29, 0.717) is 0 Å². The molecule has 0 radical (unpaired) electrons. The Morgan fingerprint density at radius 3 is 2.00 bits per heavy atom. The molecule has 0 saturated carbocycles. The highest BCUT2D eigenvalue weighted by molar-refractivity contribution is 5.96. The van der Waals surface area contributed by atoms with Crippen LogP contribution < -0.4 is 9.80 Å². The molecule has 0 unspecified atom stereocenters. The van der Waals surface area contributed by atoms with Crippen LogP contribution in [0, 0.1) is 0 Å². The molecule has 4 nitrogen and oxygen atoms in total. The van der Waals surface area contributed by atoms with Gasteiger partial charge in [-0.15, -0.1) is 0 Å². The van der Waals surface area contributed by atoms with E-state index in [2.05, 4.69) is 21.9 Å². The Hall–Kier alpha value is -2.36. The van der Waals surface area contributed by atoms with E-state index in [0.717, 1.165) is 33.4 Å². The van der Waals surface area contributed by atoms with Crippen molar-refractivity contribution in [2.45, 2.75) is 0 Å². The molecule has 3 aromatic rings. The van der Waals surface area contributed by atoms with E-state index in [1.807, 2.05) is 52.5 Å². The molecular formula is C16H18N4. The minimum atomic E-state index is 0.929. The maximum absolute atomic E-state index is 4.78. The van der Waals surface area contributed by atoms with Crippen LogP contribution in [0.3, 0.4) is 0 Å². The van der Waals surface area contributed by atoms with E-state index < -0.39 is 0 Å². The van der Waals surface area contributed by atoms with Gasteiger partial charge in [0.1, 0.15) is 5.52 Å². The molecule has 0 N–H and O–H groups in total. The van der Waals surface area contributed by atoms with Gasteiger partial charge in [-0.05, 0) is 24.3 Å². The molecule has 0 aliphatic carbocycles. The third-order valence-electron chi connectivity index (χ3n) is 3.41. The van der Waals surface area contributed by atoms with Crippen LogP contribution in [0.4, 0.5) is 11.4 Å². The number of nitrogens with zero attached hydrogens (tertiary/aromatic N) is 4. The number of para-hydroxylation sites is 2. The first-order valence-corrected chi connectivity index (χ1v) is 6.61. The molecule has 0 aliphatic heterocycles. The third-order valence-corrected chi connectivity index (χ3v) is 3.41. The fraction of sp³-hybridized carbons (Fsp3) is 0.250. The first-order chi connectivity index (χ1) is 9.56. The molecule has 4 heteroatoms. The Morgan fingerprint density at radius 1 is 0.750 bits per heavy atom. The summed E-state index contributed by atoms with van der Waals surface area (Å²) in [6.07, 6.45) is 0. The molecule has 0 aliphatic rings. The van der Waals surface area contributed by atoms with Crippen molar-refractivity contribution in [3.8, 4) is 0 Å². The summed E-state index contributed by atoms with van der Waals surface area (Å²) >= 11 is 0. The fourth-order valence-electron chi connectivity index (χ4n) is 2.29.